The Morgan fingerprint density at radius 3 is 1.05 bits per heavy atom. The molecule has 1 aliphatic carbocycles. The second-order valence-corrected chi connectivity index (χ2v) is 18.8. The molecule has 1 aromatic heterocycles. The van der Waals surface area contributed by atoms with Crippen LogP contribution in [0, 0.1) is 7.43 Å². The largest absolute Gasteiger partial charge is 2.00 e. The van der Waals surface area contributed by atoms with Crippen LogP contribution in [0.4, 0.5) is 19.8 Å². The number of aliphatic imine (C=N–C) groups is 1. The maximum Gasteiger partial charge on any atom is 2.00 e. The summed E-state index contributed by atoms with van der Waals surface area (Å²) >= 11 is -9.19. The molecule has 0 saturated heterocycles. The Kier molecular flexibility index (Phi) is 26.8. The van der Waals surface area contributed by atoms with Crippen molar-refractivity contribution in [3.63, 3.8) is 0 Å². The van der Waals surface area contributed by atoms with Gasteiger partial charge in [0.1, 0.15) is 0 Å². The molecule has 0 atom stereocenters. The predicted octanol–water partition coefficient (Wildman–Crippen LogP) is 12.6. The number of ether oxygens (including phenoxy) is 1. The Hall–Kier alpha value is -4.19. The summed E-state index contributed by atoms with van der Waals surface area (Å²) in [7, 11) is 0. The molecule has 0 unspecified atom stereocenters. The molecule has 0 bridgehead atoms. The monoisotopic (exact) mass is 1150 g/mol. The topological polar surface area (TPSA) is 35.7 Å². The van der Waals surface area contributed by atoms with E-state index in [1.54, 1.807) is 12.4 Å². The molecule has 356 valence electrons. The van der Waals surface area contributed by atoms with Gasteiger partial charge < -0.3 is 21.9 Å². The molecule has 1 heterocycles. The van der Waals surface area contributed by atoms with Gasteiger partial charge in [-0.15, -0.1) is 5.69 Å². The van der Waals surface area contributed by atoms with E-state index in [-0.39, 0.29) is 49.6 Å². The molecule has 0 radical (unpaired) electrons. The number of aromatic nitrogens is 1. The fourth-order valence-electron chi connectivity index (χ4n) is 8.39. The van der Waals surface area contributed by atoms with Gasteiger partial charge in [0.25, 0.3) is 0 Å². The van der Waals surface area contributed by atoms with Crippen molar-refractivity contribution in [2.24, 2.45) is 4.99 Å². The number of hydrogen-bond acceptors (Lipinski definition) is 2. The zero-order chi connectivity index (χ0) is 44.4. The van der Waals surface area contributed by atoms with Crippen LogP contribution in [0.2, 0.25) is 0 Å². The van der Waals surface area contributed by atoms with Crippen molar-refractivity contribution in [3.8, 4) is 0 Å². The van der Waals surface area contributed by atoms with Gasteiger partial charge in [-0.3, -0.25) is 4.99 Å². The summed E-state index contributed by atoms with van der Waals surface area (Å²) < 4.78 is 54.4. The van der Waals surface area contributed by atoms with Gasteiger partial charge in [0.2, 0.25) is 0 Å². The van der Waals surface area contributed by atoms with Crippen LogP contribution in [0.25, 0.3) is 0 Å². The van der Waals surface area contributed by atoms with E-state index < -0.39 is 20.3 Å². The third-order valence-electron chi connectivity index (χ3n) is 10.7. The van der Waals surface area contributed by atoms with Crippen molar-refractivity contribution in [2.75, 3.05) is 13.2 Å². The molecule has 66 heavy (non-hydrogen) atoms. The standard InChI is InChI=1S/C35H30.C14H15N2.C4H10O.CH3.6FH.Fe.Pd.Sb/c1-6-16-26(17-7-1)31-32(27-18-8-2-9-19-27)34(29-22-12-4-13-23-29)35(30-24-14-5-15-25-30)33(31)28-20-10-3-11-21-28;1-11(2)13-7-3-4-8-14(13)16-10-12-6-5-9-15-12;1-3-5-4-2;;;;;;;;;;/h1-25,31-35H;3-11H,1-2H3;3-4H2,1-2H3;1H3;6*1H;;;/q;-1;;-1;;;;;;;;+2;+5/p-6. The number of hydrogen-bond donors (Lipinski definition) is 0. The molecule has 6 aromatic carbocycles. The molecular formula is C54H58F6FeN2OPdSb-. The van der Waals surface area contributed by atoms with Crippen molar-refractivity contribution in [1.82, 2.24) is 4.98 Å². The van der Waals surface area contributed by atoms with Crippen LogP contribution in [-0.4, -0.2) is 39.7 Å². The van der Waals surface area contributed by atoms with Gasteiger partial charge in [-0.1, -0.05) is 196 Å². The minimum atomic E-state index is -9.19. The molecule has 3 nitrogen and oxygen atoms in total. The van der Waals surface area contributed by atoms with Crippen LogP contribution in [0.3, 0.4) is 0 Å². The molecule has 12 heteroatoms. The van der Waals surface area contributed by atoms with E-state index in [9.17, 15) is 14.1 Å². The number of nitrogens with zero attached hydrogens (tertiary/aromatic N) is 2. The number of para-hydroxylation sites is 1. The summed E-state index contributed by atoms with van der Waals surface area (Å²) in [5.41, 5.74) is 10.3. The summed E-state index contributed by atoms with van der Waals surface area (Å²) in [5.74, 6) is 2.28. The molecule has 0 aliphatic heterocycles. The van der Waals surface area contributed by atoms with Crippen LogP contribution < -0.4 is 9.69 Å². The maximum atomic E-state index is 9.91. The van der Waals surface area contributed by atoms with Crippen LogP contribution in [-0.2, 0) is 42.2 Å². The fourth-order valence-corrected chi connectivity index (χ4v) is 8.39. The predicted molar refractivity (Wildman–Crippen MR) is 253 cm³/mol. The van der Waals surface area contributed by atoms with E-state index in [4.69, 9.17) is 4.74 Å². The van der Waals surface area contributed by atoms with Crippen LogP contribution >= 0.6 is 0 Å². The van der Waals surface area contributed by atoms with Gasteiger partial charge in [-0.25, -0.2) is 0 Å². The van der Waals surface area contributed by atoms with Crippen LogP contribution in [0.5, 0.6) is 0 Å². The molecular weight excluding hydrogens is 1090 g/mol. The first kappa shape index (κ1) is 59.8. The molecule has 7 aromatic rings. The van der Waals surface area contributed by atoms with E-state index in [2.05, 4.69) is 188 Å². The van der Waals surface area contributed by atoms with Gasteiger partial charge in [-0.05, 0) is 88.8 Å². The number of benzene rings is 6. The number of halogens is 6. The van der Waals surface area contributed by atoms with E-state index in [1.807, 2.05) is 38.1 Å². The van der Waals surface area contributed by atoms with Crippen LogP contribution in [0.1, 0.15) is 102 Å². The van der Waals surface area contributed by atoms with Crippen LogP contribution in [0.15, 0.2) is 199 Å². The van der Waals surface area contributed by atoms with Gasteiger partial charge >= 0.3 is 54.8 Å². The zero-order valence-corrected chi connectivity index (χ0v) is 42.8. The zero-order valence-electron chi connectivity index (χ0n) is 37.6. The SMILES string of the molecule is CC(C)c1ccccc1N=Cc1ccc[n-]1.CCOCC.[CH3-].[F-].[F][Sb]([F])([F])([F])[F].[Fe].[Pd+2].c1ccc(C2C(c3ccccc3)C(c3ccccc3)C(c3ccccc3)C2c2ccccc2)cc1. The average molecular weight is 1150 g/mol. The van der Waals surface area contributed by atoms with Gasteiger partial charge in [-0.2, -0.15) is 6.20 Å². The average Bonchev–Trinajstić information content (AvgIpc) is 3.94. The maximum absolute atomic E-state index is 9.91. The summed E-state index contributed by atoms with van der Waals surface area (Å²) in [4.78, 5) is 8.64. The minimum absolute atomic E-state index is 0. The second-order valence-electron chi connectivity index (χ2n) is 15.1. The first-order valence-corrected chi connectivity index (χ1v) is 25.8. The summed E-state index contributed by atoms with van der Waals surface area (Å²) in [6, 6.07) is 68.2. The van der Waals surface area contributed by atoms with Crippen molar-refractivity contribution >= 4 is 32.2 Å². The quantitative estimate of drug-likeness (QED) is 0.0592. The smallest absolute Gasteiger partial charge is 0.0622 e. The molecule has 1 saturated carbocycles. The Morgan fingerprint density at radius 1 is 0.515 bits per heavy atom. The molecule has 0 spiro atoms. The Morgan fingerprint density at radius 2 is 0.803 bits per heavy atom. The van der Waals surface area contributed by atoms with Crippen molar-refractivity contribution in [2.45, 2.75) is 63.2 Å². The van der Waals surface area contributed by atoms with Crippen molar-refractivity contribution in [3.05, 3.63) is 241 Å². The van der Waals surface area contributed by atoms with Crippen molar-refractivity contribution < 1.29 is 61.0 Å². The van der Waals surface area contributed by atoms with Gasteiger partial charge in [0, 0.05) is 36.5 Å². The Bertz CT molecular complexity index is 2060. The molecule has 0 amide bonds. The van der Waals surface area contributed by atoms with E-state index in [0.717, 1.165) is 24.6 Å². The normalized spacial score (nSPS) is 17.7. The molecule has 0 N–H and O–H groups in total. The number of rotatable bonds is 10. The van der Waals surface area contributed by atoms with Gasteiger partial charge in [0.15, 0.2) is 0 Å². The summed E-state index contributed by atoms with van der Waals surface area (Å²) in [6.07, 6.45) is 3.58. The summed E-state index contributed by atoms with van der Waals surface area (Å²) in [6.45, 7) is 10.0. The first-order chi connectivity index (χ1) is 29.8. The first-order valence-electron chi connectivity index (χ1n) is 21.0. The van der Waals surface area contributed by atoms with Gasteiger partial charge in [0.05, 0.1) is 5.69 Å². The van der Waals surface area contributed by atoms with E-state index in [0.29, 0.717) is 35.5 Å². The van der Waals surface area contributed by atoms with Crippen molar-refractivity contribution in [1.29, 1.82) is 0 Å². The Balaban J connectivity index is 0.000000587. The van der Waals surface area contributed by atoms with E-state index >= 15 is 0 Å². The van der Waals surface area contributed by atoms with E-state index in [1.165, 1.54) is 33.4 Å². The third kappa shape index (κ3) is 18.8. The third-order valence-corrected chi connectivity index (χ3v) is 10.7. The Labute approximate surface area is 417 Å². The second kappa shape index (κ2) is 29.5. The summed E-state index contributed by atoms with van der Waals surface area (Å²) in [5, 5.41) is 0. The molecule has 8 rings (SSSR count). The fraction of sp³-hybridized carbons (Fsp3) is 0.222. The molecule has 1 fully saturated rings. The minimum Gasteiger partial charge on any atom is -0.0622 e. The molecule has 1 aliphatic rings.